The van der Waals surface area contributed by atoms with Gasteiger partial charge in [0.05, 0.1) is 5.25 Å². The molecule has 2 aliphatic carbocycles. The SMILES string of the molecule is O=S(=O)(C1CCNCC1)N(CC1CC1)C1CC1. The third kappa shape index (κ3) is 2.66. The van der Waals surface area contributed by atoms with Crippen molar-refractivity contribution in [3.63, 3.8) is 0 Å². The smallest absolute Gasteiger partial charge is 0.217 e. The van der Waals surface area contributed by atoms with Crippen LogP contribution in [0, 0.1) is 5.92 Å². The van der Waals surface area contributed by atoms with Gasteiger partial charge in [0, 0.05) is 12.6 Å². The van der Waals surface area contributed by atoms with Gasteiger partial charge in [-0.2, -0.15) is 4.31 Å². The van der Waals surface area contributed by atoms with Crippen LogP contribution in [0.5, 0.6) is 0 Å². The summed E-state index contributed by atoms with van der Waals surface area (Å²) in [6.45, 7) is 2.51. The Bertz CT molecular complexity index is 368. The molecular weight excluding hydrogens is 236 g/mol. The van der Waals surface area contributed by atoms with Gasteiger partial charge in [-0.3, -0.25) is 0 Å². The predicted octanol–water partition coefficient (Wildman–Crippen LogP) is 0.943. The Morgan fingerprint density at radius 1 is 1.00 bits per heavy atom. The predicted molar refractivity (Wildman–Crippen MR) is 67.3 cm³/mol. The van der Waals surface area contributed by atoms with Crippen molar-refractivity contribution in [2.75, 3.05) is 19.6 Å². The number of nitrogens with zero attached hydrogens (tertiary/aromatic N) is 1. The average molecular weight is 258 g/mol. The Labute approximate surface area is 104 Å². The monoisotopic (exact) mass is 258 g/mol. The third-order valence-corrected chi connectivity index (χ3v) is 6.54. The van der Waals surface area contributed by atoms with E-state index in [1.165, 1.54) is 12.8 Å². The van der Waals surface area contributed by atoms with Crippen molar-refractivity contribution >= 4 is 10.0 Å². The summed E-state index contributed by atoms with van der Waals surface area (Å²) in [5, 5.41) is 3.12. The number of hydrogen-bond donors (Lipinski definition) is 1. The molecule has 1 N–H and O–H groups in total. The molecule has 0 radical (unpaired) electrons. The van der Waals surface area contributed by atoms with Crippen molar-refractivity contribution in [2.24, 2.45) is 5.92 Å². The van der Waals surface area contributed by atoms with E-state index in [0.717, 1.165) is 45.3 Å². The zero-order chi connectivity index (χ0) is 11.9. The van der Waals surface area contributed by atoms with E-state index < -0.39 is 10.0 Å². The number of hydrogen-bond acceptors (Lipinski definition) is 3. The van der Waals surface area contributed by atoms with Crippen LogP contribution in [0.4, 0.5) is 0 Å². The van der Waals surface area contributed by atoms with Gasteiger partial charge in [0.2, 0.25) is 10.0 Å². The fourth-order valence-electron chi connectivity index (χ4n) is 2.66. The average Bonchev–Trinajstić information content (AvgIpc) is 3.19. The molecule has 5 heteroatoms. The largest absolute Gasteiger partial charge is 0.317 e. The molecule has 0 spiro atoms. The molecule has 1 aliphatic heterocycles. The van der Waals surface area contributed by atoms with Gasteiger partial charge in [-0.25, -0.2) is 8.42 Å². The van der Waals surface area contributed by atoms with Crippen LogP contribution < -0.4 is 5.32 Å². The van der Waals surface area contributed by atoms with E-state index in [4.69, 9.17) is 0 Å². The summed E-state index contributed by atoms with van der Waals surface area (Å²) in [7, 11) is -3.02. The van der Waals surface area contributed by atoms with Gasteiger partial charge in [0.1, 0.15) is 0 Å². The zero-order valence-electron chi connectivity index (χ0n) is 10.3. The van der Waals surface area contributed by atoms with Crippen molar-refractivity contribution in [1.82, 2.24) is 9.62 Å². The Morgan fingerprint density at radius 2 is 1.65 bits per heavy atom. The molecule has 17 heavy (non-hydrogen) atoms. The Hall–Kier alpha value is -0.130. The first kappa shape index (κ1) is 11.9. The van der Waals surface area contributed by atoms with Crippen LogP contribution in [0.1, 0.15) is 38.5 Å². The molecule has 0 atom stereocenters. The summed E-state index contributed by atoms with van der Waals surface area (Å²) in [6, 6.07) is 0.343. The minimum absolute atomic E-state index is 0.122. The van der Waals surface area contributed by atoms with E-state index in [1.807, 2.05) is 4.31 Å². The van der Waals surface area contributed by atoms with Crippen LogP contribution in [-0.2, 0) is 10.0 Å². The van der Waals surface area contributed by atoms with E-state index in [-0.39, 0.29) is 5.25 Å². The summed E-state index contributed by atoms with van der Waals surface area (Å²) in [5.74, 6) is 0.659. The standard InChI is InChI=1S/C12H22N2O2S/c15-17(16,12-5-7-13-8-6-12)14(11-3-4-11)9-10-1-2-10/h10-13H,1-9H2. The van der Waals surface area contributed by atoms with Crippen LogP contribution in [0.3, 0.4) is 0 Å². The van der Waals surface area contributed by atoms with Crippen LogP contribution in [0.2, 0.25) is 0 Å². The molecule has 3 rings (SSSR count). The maximum atomic E-state index is 12.6. The minimum atomic E-state index is -3.02. The first-order chi connectivity index (χ1) is 8.18. The van der Waals surface area contributed by atoms with Gasteiger partial charge >= 0.3 is 0 Å². The second kappa shape index (κ2) is 4.52. The molecule has 0 bridgehead atoms. The molecule has 0 unspecified atom stereocenters. The topological polar surface area (TPSA) is 49.4 Å². The number of rotatable bonds is 5. The molecule has 1 heterocycles. The van der Waals surface area contributed by atoms with Gasteiger partial charge in [0.15, 0.2) is 0 Å². The van der Waals surface area contributed by atoms with Crippen molar-refractivity contribution in [2.45, 2.75) is 49.8 Å². The fraction of sp³-hybridized carbons (Fsp3) is 1.00. The summed E-state index contributed by atoms with van der Waals surface area (Å²) in [4.78, 5) is 0. The van der Waals surface area contributed by atoms with E-state index in [9.17, 15) is 8.42 Å². The molecule has 2 saturated carbocycles. The van der Waals surface area contributed by atoms with E-state index >= 15 is 0 Å². The van der Waals surface area contributed by atoms with Crippen molar-refractivity contribution < 1.29 is 8.42 Å². The first-order valence-corrected chi connectivity index (χ1v) is 8.39. The quantitative estimate of drug-likeness (QED) is 0.798. The third-order valence-electron chi connectivity index (χ3n) is 4.12. The lowest BCUT2D eigenvalue weighted by molar-refractivity contribution is 0.371. The molecule has 0 aromatic carbocycles. The molecule has 0 amide bonds. The van der Waals surface area contributed by atoms with Gasteiger partial charge in [-0.15, -0.1) is 0 Å². The lowest BCUT2D eigenvalue weighted by Gasteiger charge is -2.30. The summed E-state index contributed by atoms with van der Waals surface area (Å²) in [5.41, 5.74) is 0. The van der Waals surface area contributed by atoms with Gasteiger partial charge in [0.25, 0.3) is 0 Å². The normalized spacial score (nSPS) is 27.6. The molecule has 0 aromatic heterocycles. The zero-order valence-corrected chi connectivity index (χ0v) is 11.1. The van der Waals surface area contributed by atoms with Gasteiger partial charge in [-0.1, -0.05) is 0 Å². The van der Waals surface area contributed by atoms with Gasteiger partial charge in [-0.05, 0) is 57.5 Å². The van der Waals surface area contributed by atoms with E-state index in [2.05, 4.69) is 5.32 Å². The second-order valence-corrected chi connectivity index (χ2v) is 7.90. The molecule has 98 valence electrons. The lowest BCUT2D eigenvalue weighted by Crippen LogP contribution is -2.45. The number of piperidine rings is 1. The second-order valence-electron chi connectivity index (χ2n) is 5.74. The van der Waals surface area contributed by atoms with E-state index in [1.54, 1.807) is 0 Å². The Morgan fingerprint density at radius 3 is 2.18 bits per heavy atom. The first-order valence-electron chi connectivity index (χ1n) is 6.89. The van der Waals surface area contributed by atoms with Crippen LogP contribution in [0.15, 0.2) is 0 Å². The highest BCUT2D eigenvalue weighted by atomic mass is 32.2. The highest BCUT2D eigenvalue weighted by molar-refractivity contribution is 7.89. The van der Waals surface area contributed by atoms with Crippen molar-refractivity contribution in [3.8, 4) is 0 Å². The molecular formula is C12H22N2O2S. The maximum absolute atomic E-state index is 12.6. The van der Waals surface area contributed by atoms with Crippen molar-refractivity contribution in [3.05, 3.63) is 0 Å². The van der Waals surface area contributed by atoms with Crippen molar-refractivity contribution in [1.29, 1.82) is 0 Å². The molecule has 3 aliphatic rings. The Balaban J connectivity index is 1.72. The number of sulfonamides is 1. The highest BCUT2D eigenvalue weighted by Gasteiger charge is 2.43. The molecule has 3 fully saturated rings. The fourth-order valence-corrected chi connectivity index (χ4v) is 4.92. The lowest BCUT2D eigenvalue weighted by atomic mass is 10.2. The summed E-state index contributed by atoms with van der Waals surface area (Å²) >= 11 is 0. The Kier molecular flexibility index (Phi) is 3.17. The summed E-state index contributed by atoms with van der Waals surface area (Å²) in [6.07, 6.45) is 6.19. The molecule has 0 aromatic rings. The maximum Gasteiger partial charge on any atom is 0.217 e. The minimum Gasteiger partial charge on any atom is -0.317 e. The van der Waals surface area contributed by atoms with Crippen LogP contribution in [-0.4, -0.2) is 43.6 Å². The molecule has 1 saturated heterocycles. The van der Waals surface area contributed by atoms with Crippen LogP contribution >= 0.6 is 0 Å². The van der Waals surface area contributed by atoms with E-state index in [0.29, 0.717) is 12.0 Å². The number of nitrogens with one attached hydrogen (secondary N) is 1. The highest BCUT2D eigenvalue weighted by Crippen LogP contribution is 2.38. The summed E-state index contributed by atoms with van der Waals surface area (Å²) < 4.78 is 27.1. The van der Waals surface area contributed by atoms with Crippen LogP contribution in [0.25, 0.3) is 0 Å². The molecule has 4 nitrogen and oxygen atoms in total. The van der Waals surface area contributed by atoms with Gasteiger partial charge < -0.3 is 5.32 Å².